The second-order valence-electron chi connectivity index (χ2n) is 6.37. The Morgan fingerprint density at radius 3 is 2.55 bits per heavy atom. The van der Waals surface area contributed by atoms with Gasteiger partial charge in [-0.25, -0.2) is 27.9 Å². The fourth-order valence-electron chi connectivity index (χ4n) is 3.15. The number of halogens is 1. The van der Waals surface area contributed by atoms with Crippen LogP contribution in [0, 0.1) is 19.7 Å². The lowest BCUT2D eigenvalue weighted by Crippen LogP contribution is -2.14. The van der Waals surface area contributed by atoms with Crippen molar-refractivity contribution in [3.63, 3.8) is 0 Å². The Kier molecular flexibility index (Phi) is 5.49. The van der Waals surface area contributed by atoms with E-state index in [9.17, 15) is 12.8 Å². The first-order chi connectivity index (χ1) is 13.7. The van der Waals surface area contributed by atoms with Crippen LogP contribution in [0.2, 0.25) is 0 Å². The molecule has 2 N–H and O–H groups in total. The van der Waals surface area contributed by atoms with Gasteiger partial charge in [-0.1, -0.05) is 6.07 Å². The Morgan fingerprint density at radius 2 is 1.97 bits per heavy atom. The first kappa shape index (κ1) is 20.6. The number of hydrogen-bond acceptors (Lipinski definition) is 6. The third kappa shape index (κ3) is 4.03. The third-order valence-corrected chi connectivity index (χ3v) is 5.38. The van der Waals surface area contributed by atoms with E-state index >= 15 is 0 Å². The van der Waals surface area contributed by atoms with Crippen LogP contribution >= 0.6 is 0 Å². The molecule has 0 aliphatic heterocycles. The van der Waals surface area contributed by atoms with Crippen LogP contribution in [0.1, 0.15) is 17.1 Å². The normalized spacial score (nSPS) is 11.5. The molecule has 2 aromatic heterocycles. The summed E-state index contributed by atoms with van der Waals surface area (Å²) in [6.07, 6.45) is 0. The number of aromatic nitrogens is 3. The number of methoxy groups -OCH3 is 1. The van der Waals surface area contributed by atoms with Gasteiger partial charge in [-0.05, 0) is 44.3 Å². The summed E-state index contributed by atoms with van der Waals surface area (Å²) in [5.41, 5.74) is 2.73. The maximum Gasteiger partial charge on any atom is 0.240 e. The number of aryl methyl sites for hydroxylation is 2. The second kappa shape index (κ2) is 7.72. The van der Waals surface area contributed by atoms with E-state index in [4.69, 9.17) is 9.88 Å². The molecule has 0 radical (unpaired) electrons. The van der Waals surface area contributed by atoms with Crippen LogP contribution in [-0.2, 0) is 16.6 Å². The molecule has 10 heteroatoms. The van der Waals surface area contributed by atoms with E-state index in [1.165, 1.54) is 13.2 Å². The van der Waals surface area contributed by atoms with Crippen molar-refractivity contribution in [3.05, 3.63) is 53.2 Å². The van der Waals surface area contributed by atoms with Gasteiger partial charge in [-0.2, -0.15) is 4.98 Å². The molecule has 0 saturated carbocycles. The lowest BCUT2D eigenvalue weighted by atomic mass is 10.1. The number of benzene rings is 1. The lowest BCUT2D eigenvalue weighted by Gasteiger charge is -2.14. The summed E-state index contributed by atoms with van der Waals surface area (Å²) in [5, 5.41) is 5.03. The molecular weight excluding hydrogens is 397 g/mol. The molecule has 0 amide bonds. The molecule has 1 aromatic carbocycles. The summed E-state index contributed by atoms with van der Waals surface area (Å²) in [6.45, 7) is 7.50. The molecule has 0 aliphatic carbocycles. The molecule has 0 fully saturated rings. The SMILES string of the molecule is C=Nc1nc(OC)ccc1-c1c(C)nc(C)n1Cc1ccc(S(N)(=O)=O)c(F)c1. The van der Waals surface area contributed by atoms with E-state index in [1.807, 2.05) is 18.4 Å². The maximum absolute atomic E-state index is 14.2. The predicted octanol–water partition coefficient (Wildman–Crippen LogP) is 2.74. The van der Waals surface area contributed by atoms with Crippen molar-refractivity contribution in [1.82, 2.24) is 14.5 Å². The van der Waals surface area contributed by atoms with Crippen LogP contribution in [0.3, 0.4) is 0 Å². The van der Waals surface area contributed by atoms with Crippen LogP contribution < -0.4 is 9.88 Å². The van der Waals surface area contributed by atoms with E-state index in [-0.39, 0.29) is 6.54 Å². The van der Waals surface area contributed by atoms with E-state index in [2.05, 4.69) is 21.7 Å². The fourth-order valence-corrected chi connectivity index (χ4v) is 3.74. The molecule has 8 nitrogen and oxygen atoms in total. The molecule has 29 heavy (non-hydrogen) atoms. The van der Waals surface area contributed by atoms with Gasteiger partial charge in [0.2, 0.25) is 15.9 Å². The number of primary sulfonamides is 1. The minimum atomic E-state index is -4.13. The number of ether oxygens (including phenoxy) is 1. The number of imidazole rings is 1. The Bertz CT molecular complexity index is 1200. The average molecular weight is 417 g/mol. The van der Waals surface area contributed by atoms with Crippen LogP contribution in [0.5, 0.6) is 5.88 Å². The number of nitrogens with two attached hydrogens (primary N) is 1. The van der Waals surface area contributed by atoms with Crippen molar-refractivity contribution >= 4 is 22.6 Å². The van der Waals surface area contributed by atoms with Crippen molar-refractivity contribution in [2.75, 3.05) is 7.11 Å². The second-order valence-corrected chi connectivity index (χ2v) is 7.90. The number of pyridine rings is 1. The van der Waals surface area contributed by atoms with E-state index in [0.717, 1.165) is 23.5 Å². The maximum atomic E-state index is 14.2. The smallest absolute Gasteiger partial charge is 0.240 e. The Hall–Kier alpha value is -3.11. The van der Waals surface area contributed by atoms with Gasteiger partial charge in [0, 0.05) is 18.2 Å². The molecule has 0 aliphatic rings. The molecular formula is C19H20FN5O3S. The minimum Gasteiger partial charge on any atom is -0.481 e. The topological polar surface area (TPSA) is 112 Å². The van der Waals surface area contributed by atoms with E-state index in [1.54, 1.807) is 12.1 Å². The van der Waals surface area contributed by atoms with Crippen LogP contribution in [0.25, 0.3) is 11.3 Å². The first-order valence-electron chi connectivity index (χ1n) is 8.52. The number of aliphatic imine (C=N–C) groups is 1. The standard InChI is InChI=1S/C19H20FN5O3S/c1-11-18(14-6-8-17(28-4)24-19(14)22-3)25(12(2)23-11)10-13-5-7-16(15(20)9-13)29(21,26)27/h5-9H,3,10H2,1-2,4H3,(H2,21,26,27). The molecule has 2 heterocycles. The summed E-state index contributed by atoms with van der Waals surface area (Å²) in [6, 6.07) is 7.33. The zero-order valence-corrected chi connectivity index (χ0v) is 17.0. The Labute approximate surface area is 168 Å². The third-order valence-electron chi connectivity index (χ3n) is 4.44. The summed E-state index contributed by atoms with van der Waals surface area (Å²) in [4.78, 5) is 12.3. The van der Waals surface area contributed by atoms with Crippen LogP contribution in [0.15, 0.2) is 40.2 Å². The zero-order chi connectivity index (χ0) is 21.3. The van der Waals surface area contributed by atoms with Gasteiger partial charge >= 0.3 is 0 Å². The highest BCUT2D eigenvalue weighted by Gasteiger charge is 2.20. The molecule has 0 spiro atoms. The van der Waals surface area contributed by atoms with Gasteiger partial charge in [0.05, 0.1) is 18.5 Å². The van der Waals surface area contributed by atoms with Gasteiger partial charge in [0.15, 0.2) is 5.82 Å². The van der Waals surface area contributed by atoms with Gasteiger partial charge in [0.25, 0.3) is 0 Å². The van der Waals surface area contributed by atoms with Crippen molar-refractivity contribution in [2.45, 2.75) is 25.3 Å². The van der Waals surface area contributed by atoms with Crippen LogP contribution in [0.4, 0.5) is 10.2 Å². The highest BCUT2D eigenvalue weighted by molar-refractivity contribution is 7.89. The number of sulfonamides is 1. The van der Waals surface area contributed by atoms with Crippen LogP contribution in [-0.4, -0.2) is 36.8 Å². The molecule has 3 aromatic rings. The van der Waals surface area contributed by atoms with Crippen molar-refractivity contribution < 1.29 is 17.5 Å². The average Bonchev–Trinajstić information content (AvgIpc) is 2.93. The molecule has 0 saturated heterocycles. The molecule has 0 bridgehead atoms. The lowest BCUT2D eigenvalue weighted by molar-refractivity contribution is 0.398. The summed E-state index contributed by atoms with van der Waals surface area (Å²) in [7, 11) is -2.62. The molecule has 0 unspecified atom stereocenters. The predicted molar refractivity (Wildman–Crippen MR) is 108 cm³/mol. The van der Waals surface area contributed by atoms with Crippen molar-refractivity contribution in [1.29, 1.82) is 0 Å². The monoisotopic (exact) mass is 417 g/mol. The first-order valence-corrected chi connectivity index (χ1v) is 10.1. The highest BCUT2D eigenvalue weighted by Crippen LogP contribution is 2.34. The number of nitrogens with zero attached hydrogens (tertiary/aromatic N) is 4. The summed E-state index contributed by atoms with van der Waals surface area (Å²) >= 11 is 0. The molecule has 0 atom stereocenters. The van der Waals surface area contributed by atoms with E-state index < -0.39 is 20.7 Å². The van der Waals surface area contributed by atoms with Gasteiger partial charge in [0.1, 0.15) is 16.5 Å². The minimum absolute atomic E-state index is 0.256. The van der Waals surface area contributed by atoms with Gasteiger partial charge in [-0.15, -0.1) is 0 Å². The number of hydrogen-bond donors (Lipinski definition) is 1. The van der Waals surface area contributed by atoms with E-state index in [0.29, 0.717) is 28.6 Å². The summed E-state index contributed by atoms with van der Waals surface area (Å²) in [5.74, 6) is 0.571. The molecule has 3 rings (SSSR count). The van der Waals surface area contributed by atoms with Gasteiger partial charge in [-0.3, -0.25) is 0 Å². The van der Waals surface area contributed by atoms with Crippen molar-refractivity contribution in [3.8, 4) is 17.1 Å². The Balaban J connectivity index is 2.10. The zero-order valence-electron chi connectivity index (χ0n) is 16.2. The number of rotatable bonds is 6. The highest BCUT2D eigenvalue weighted by atomic mass is 32.2. The quantitative estimate of drug-likeness (QED) is 0.620. The molecule has 152 valence electrons. The van der Waals surface area contributed by atoms with Gasteiger partial charge < -0.3 is 9.30 Å². The summed E-state index contributed by atoms with van der Waals surface area (Å²) < 4.78 is 44.1. The van der Waals surface area contributed by atoms with Crippen molar-refractivity contribution in [2.24, 2.45) is 10.1 Å². The Morgan fingerprint density at radius 1 is 1.24 bits per heavy atom. The fraction of sp³-hybridized carbons (Fsp3) is 0.211. The largest absolute Gasteiger partial charge is 0.481 e.